The second kappa shape index (κ2) is 12.0. The van der Waals surface area contributed by atoms with Crippen molar-refractivity contribution in [1.82, 2.24) is 0 Å². The Hall–Kier alpha value is -3.62. The van der Waals surface area contributed by atoms with E-state index in [0.717, 1.165) is 10.9 Å². The van der Waals surface area contributed by atoms with E-state index in [1.54, 1.807) is 12.1 Å². The second-order valence-electron chi connectivity index (χ2n) is 5.42. The number of furan rings is 1. The minimum atomic E-state index is -0.576. The summed E-state index contributed by atoms with van der Waals surface area (Å²) in [5.41, 5.74) is 11.5. The third kappa shape index (κ3) is 8.29. The van der Waals surface area contributed by atoms with E-state index in [9.17, 15) is 0 Å². The molecule has 1 aromatic heterocycles. The van der Waals surface area contributed by atoms with Crippen LogP contribution in [0.15, 0.2) is 85.7 Å². The molecule has 0 amide bonds. The SMILES string of the molecule is C/C(=N\N=C(/N)O)c1ccc2ccccc2c1.N/C(O)=N/N=C/c1ccco1.[Mn]. The molecule has 1 heterocycles. The Balaban J connectivity index is 0.000000306. The van der Waals surface area contributed by atoms with Gasteiger partial charge >= 0.3 is 12.0 Å². The summed E-state index contributed by atoms with van der Waals surface area (Å²) in [6, 6.07) is 16.4. The van der Waals surface area contributed by atoms with Crippen LogP contribution in [0.5, 0.6) is 0 Å². The van der Waals surface area contributed by atoms with Crippen molar-refractivity contribution in [2.45, 2.75) is 6.92 Å². The van der Waals surface area contributed by atoms with Gasteiger partial charge in [-0.15, -0.1) is 0 Å². The number of benzene rings is 2. The van der Waals surface area contributed by atoms with Crippen molar-refractivity contribution in [3.63, 3.8) is 0 Å². The molecule has 29 heavy (non-hydrogen) atoms. The first-order valence-corrected chi connectivity index (χ1v) is 8.10. The largest absolute Gasteiger partial charge is 0.480 e. The average Bonchev–Trinajstić information content (AvgIpc) is 3.19. The van der Waals surface area contributed by atoms with Crippen molar-refractivity contribution in [2.24, 2.45) is 31.9 Å². The number of nitrogens with two attached hydrogens (primary N) is 2. The number of aliphatic hydroxyl groups excluding tert-OH is 2. The minimum absolute atomic E-state index is 0. The van der Waals surface area contributed by atoms with Gasteiger partial charge in [0.1, 0.15) is 5.76 Å². The van der Waals surface area contributed by atoms with Gasteiger partial charge in [0.05, 0.1) is 18.2 Å². The van der Waals surface area contributed by atoms with Gasteiger partial charge in [-0.1, -0.05) is 46.6 Å². The molecule has 0 aliphatic carbocycles. The molecule has 0 saturated heterocycles. The van der Waals surface area contributed by atoms with Gasteiger partial charge < -0.3 is 26.1 Å². The Morgan fingerprint density at radius 3 is 2.21 bits per heavy atom. The van der Waals surface area contributed by atoms with Crippen LogP contribution >= 0.6 is 0 Å². The summed E-state index contributed by atoms with van der Waals surface area (Å²) in [6.07, 6.45) is 2.84. The van der Waals surface area contributed by atoms with E-state index >= 15 is 0 Å². The first kappa shape index (κ1) is 23.4. The maximum atomic E-state index is 8.74. The second-order valence-corrected chi connectivity index (χ2v) is 5.42. The smallest absolute Gasteiger partial charge is 0.303 e. The number of hydrogen-bond acceptors (Lipinski definition) is 5. The van der Waals surface area contributed by atoms with Gasteiger partial charge in [0, 0.05) is 17.1 Å². The van der Waals surface area contributed by atoms with Crippen LogP contribution in [0.1, 0.15) is 18.2 Å². The molecule has 0 bridgehead atoms. The molecule has 6 N–H and O–H groups in total. The summed E-state index contributed by atoms with van der Waals surface area (Å²) in [6.45, 7) is 1.82. The van der Waals surface area contributed by atoms with E-state index in [4.69, 9.17) is 26.1 Å². The molecule has 0 fully saturated rings. The van der Waals surface area contributed by atoms with Crippen LogP contribution in [0, 0.1) is 0 Å². The van der Waals surface area contributed by atoms with Gasteiger partial charge in [0.25, 0.3) is 0 Å². The fourth-order valence-electron chi connectivity index (χ4n) is 2.11. The van der Waals surface area contributed by atoms with E-state index in [2.05, 4.69) is 26.5 Å². The van der Waals surface area contributed by atoms with Crippen LogP contribution in [-0.2, 0) is 17.1 Å². The normalized spacial score (nSPS) is 12.4. The molecular formula is C19H20MnN6O3. The molecule has 3 aromatic rings. The van der Waals surface area contributed by atoms with Crippen molar-refractivity contribution < 1.29 is 31.7 Å². The Kier molecular flexibility index (Phi) is 9.66. The zero-order valence-electron chi connectivity index (χ0n) is 15.5. The number of amidine groups is 2. The Morgan fingerprint density at radius 2 is 1.59 bits per heavy atom. The van der Waals surface area contributed by atoms with Crippen LogP contribution < -0.4 is 11.5 Å². The van der Waals surface area contributed by atoms with E-state index in [1.165, 1.54) is 17.9 Å². The van der Waals surface area contributed by atoms with E-state index in [1.807, 2.05) is 43.3 Å². The van der Waals surface area contributed by atoms with Crippen LogP contribution in [-0.4, -0.2) is 34.2 Å². The molecule has 10 heteroatoms. The zero-order valence-corrected chi connectivity index (χ0v) is 16.7. The van der Waals surface area contributed by atoms with E-state index in [-0.39, 0.29) is 17.1 Å². The van der Waals surface area contributed by atoms with Gasteiger partial charge in [-0.3, -0.25) is 0 Å². The maximum absolute atomic E-state index is 8.74. The number of rotatable bonds is 4. The van der Waals surface area contributed by atoms with Crippen LogP contribution in [0.25, 0.3) is 10.8 Å². The molecule has 0 aliphatic rings. The third-order valence-electron chi connectivity index (χ3n) is 3.36. The van der Waals surface area contributed by atoms with Gasteiger partial charge in [-0.25, -0.2) is 0 Å². The van der Waals surface area contributed by atoms with Gasteiger partial charge in [0.15, 0.2) is 0 Å². The molecule has 151 valence electrons. The van der Waals surface area contributed by atoms with Crippen LogP contribution in [0.3, 0.4) is 0 Å². The van der Waals surface area contributed by atoms with Crippen LogP contribution in [0.2, 0.25) is 0 Å². The molecular weight excluding hydrogens is 415 g/mol. The third-order valence-corrected chi connectivity index (χ3v) is 3.36. The summed E-state index contributed by atoms with van der Waals surface area (Å²) < 4.78 is 4.87. The zero-order chi connectivity index (χ0) is 20.4. The maximum Gasteiger partial charge on any atom is 0.303 e. The molecule has 0 spiro atoms. The van der Waals surface area contributed by atoms with Gasteiger partial charge in [0.2, 0.25) is 0 Å². The number of aliphatic hydroxyl groups is 2. The Labute approximate surface area is 177 Å². The summed E-state index contributed by atoms with van der Waals surface area (Å²) in [5.74, 6) is 0.551. The predicted molar refractivity (Wildman–Crippen MR) is 111 cm³/mol. The summed E-state index contributed by atoms with van der Waals surface area (Å²) >= 11 is 0. The molecule has 0 unspecified atom stereocenters. The molecule has 9 nitrogen and oxygen atoms in total. The van der Waals surface area contributed by atoms with E-state index < -0.39 is 12.0 Å². The van der Waals surface area contributed by atoms with Gasteiger partial charge in [-0.05, 0) is 41.5 Å². The van der Waals surface area contributed by atoms with Crippen molar-refractivity contribution in [2.75, 3.05) is 0 Å². The molecule has 0 atom stereocenters. The molecule has 2 aromatic carbocycles. The monoisotopic (exact) mass is 435 g/mol. The van der Waals surface area contributed by atoms with Crippen molar-refractivity contribution in [3.8, 4) is 0 Å². The molecule has 1 radical (unpaired) electrons. The Morgan fingerprint density at radius 1 is 0.897 bits per heavy atom. The molecule has 3 rings (SSSR count). The van der Waals surface area contributed by atoms with Crippen molar-refractivity contribution >= 4 is 34.7 Å². The molecule has 0 saturated carbocycles. The Bertz CT molecular complexity index is 1020. The fourth-order valence-corrected chi connectivity index (χ4v) is 2.11. The minimum Gasteiger partial charge on any atom is -0.480 e. The first-order chi connectivity index (χ1) is 13.5. The number of nitrogens with zero attached hydrogens (tertiary/aromatic N) is 4. The van der Waals surface area contributed by atoms with Crippen molar-refractivity contribution in [3.05, 3.63) is 72.2 Å². The first-order valence-electron chi connectivity index (χ1n) is 8.10. The standard InChI is InChI=1S/C13H13N3O.C6H7N3O2.Mn/c1-9(15-16-13(14)17)11-7-6-10-4-2-3-5-12(10)8-11;7-6(10)9-8-4-5-2-1-3-11-5;/h2-8H,1H3,(H3,14,16,17);1-4H,(H3,7,9,10);/b15-9+;8-4+;. The summed E-state index contributed by atoms with van der Waals surface area (Å²) in [7, 11) is 0. The summed E-state index contributed by atoms with van der Waals surface area (Å²) in [5, 5.41) is 33.2. The number of hydrogen-bond donors (Lipinski definition) is 4. The summed E-state index contributed by atoms with van der Waals surface area (Å²) in [4.78, 5) is 0. The quantitative estimate of drug-likeness (QED) is 0.215. The predicted octanol–water partition coefficient (Wildman–Crippen LogP) is 2.92. The van der Waals surface area contributed by atoms with Crippen LogP contribution in [0.4, 0.5) is 0 Å². The van der Waals surface area contributed by atoms with Gasteiger partial charge in [-0.2, -0.15) is 10.2 Å². The van der Waals surface area contributed by atoms with Crippen molar-refractivity contribution in [1.29, 1.82) is 0 Å². The van der Waals surface area contributed by atoms with E-state index in [0.29, 0.717) is 11.5 Å². The fraction of sp³-hybridized carbons (Fsp3) is 0.0526. The topological polar surface area (TPSA) is 155 Å². The molecule has 0 aliphatic heterocycles. The number of fused-ring (bicyclic) bond motifs is 1. The average molecular weight is 435 g/mol.